The molecule has 1 aromatic carbocycles. The van der Waals surface area contributed by atoms with Crippen molar-refractivity contribution < 1.29 is 17.9 Å². The number of halogens is 1. The fourth-order valence-corrected chi connectivity index (χ4v) is 3.90. The highest BCUT2D eigenvalue weighted by molar-refractivity contribution is 7.89. The standard InChI is InChI=1S/C14H22N2O4S.ClH/c1-12-11-15-7-8-16(12)21(17,18)14-5-3-13(4-6-14)20-10-9-19-2;/h3-6,12,15H,7-11H2,1-2H3;1H/t12-;/m1./s1. The first-order valence-electron chi connectivity index (χ1n) is 7.00. The van der Waals surface area contributed by atoms with Crippen LogP contribution < -0.4 is 10.1 Å². The maximum atomic E-state index is 12.6. The smallest absolute Gasteiger partial charge is 0.243 e. The summed E-state index contributed by atoms with van der Waals surface area (Å²) in [5.74, 6) is 0.638. The first-order chi connectivity index (χ1) is 10.1. The van der Waals surface area contributed by atoms with E-state index < -0.39 is 10.0 Å². The topological polar surface area (TPSA) is 67.9 Å². The molecule has 0 bridgehead atoms. The summed E-state index contributed by atoms with van der Waals surface area (Å²) in [6.07, 6.45) is 0. The zero-order chi connectivity index (χ0) is 15.3. The number of nitrogens with one attached hydrogen (secondary N) is 1. The molecule has 0 aromatic heterocycles. The van der Waals surface area contributed by atoms with Crippen LogP contribution in [0.2, 0.25) is 0 Å². The molecule has 22 heavy (non-hydrogen) atoms. The molecule has 8 heteroatoms. The normalized spacial score (nSPS) is 19.5. The van der Waals surface area contributed by atoms with Crippen LogP contribution in [0.4, 0.5) is 0 Å². The number of hydrogen-bond acceptors (Lipinski definition) is 5. The molecule has 1 atom stereocenters. The van der Waals surface area contributed by atoms with Crippen molar-refractivity contribution in [2.24, 2.45) is 0 Å². The van der Waals surface area contributed by atoms with Gasteiger partial charge in [-0.05, 0) is 31.2 Å². The molecule has 6 nitrogen and oxygen atoms in total. The van der Waals surface area contributed by atoms with E-state index in [1.807, 2.05) is 6.92 Å². The van der Waals surface area contributed by atoms with Crippen molar-refractivity contribution in [1.29, 1.82) is 0 Å². The minimum Gasteiger partial charge on any atom is -0.491 e. The third-order valence-electron chi connectivity index (χ3n) is 3.43. The molecule has 0 amide bonds. The van der Waals surface area contributed by atoms with Crippen LogP contribution in [0, 0.1) is 0 Å². The van der Waals surface area contributed by atoms with Crippen LogP contribution in [0.5, 0.6) is 5.75 Å². The first-order valence-corrected chi connectivity index (χ1v) is 8.44. The second-order valence-corrected chi connectivity index (χ2v) is 6.87. The summed E-state index contributed by atoms with van der Waals surface area (Å²) in [6, 6.07) is 6.49. The second-order valence-electron chi connectivity index (χ2n) is 4.98. The highest BCUT2D eigenvalue weighted by Gasteiger charge is 2.30. The Morgan fingerprint density at radius 2 is 1.95 bits per heavy atom. The summed E-state index contributed by atoms with van der Waals surface area (Å²) in [5, 5.41) is 3.19. The van der Waals surface area contributed by atoms with E-state index in [2.05, 4.69) is 5.32 Å². The molecule has 1 N–H and O–H groups in total. The number of hydrogen-bond donors (Lipinski definition) is 1. The van der Waals surface area contributed by atoms with Crippen molar-refractivity contribution in [2.45, 2.75) is 17.9 Å². The van der Waals surface area contributed by atoms with Gasteiger partial charge in [0, 0.05) is 32.8 Å². The van der Waals surface area contributed by atoms with Gasteiger partial charge in [-0.1, -0.05) is 0 Å². The fourth-order valence-electron chi connectivity index (χ4n) is 2.27. The Kier molecular flexibility index (Phi) is 7.58. The average Bonchev–Trinajstić information content (AvgIpc) is 2.48. The number of ether oxygens (including phenoxy) is 2. The van der Waals surface area contributed by atoms with Crippen LogP contribution in [-0.4, -0.2) is 58.7 Å². The minimum atomic E-state index is -3.44. The lowest BCUT2D eigenvalue weighted by molar-refractivity contribution is 0.146. The summed E-state index contributed by atoms with van der Waals surface area (Å²) in [6.45, 7) is 4.70. The number of nitrogens with zero attached hydrogens (tertiary/aromatic N) is 1. The quantitative estimate of drug-likeness (QED) is 0.779. The van der Waals surface area contributed by atoms with Gasteiger partial charge in [0.15, 0.2) is 0 Å². The summed E-state index contributed by atoms with van der Waals surface area (Å²) in [7, 11) is -1.84. The van der Waals surface area contributed by atoms with E-state index in [1.165, 1.54) is 0 Å². The SMILES string of the molecule is COCCOc1ccc(S(=O)(=O)N2CCNC[C@H]2C)cc1.Cl. The van der Waals surface area contributed by atoms with Crippen LogP contribution in [0.15, 0.2) is 29.2 Å². The van der Waals surface area contributed by atoms with E-state index in [-0.39, 0.29) is 18.4 Å². The minimum absolute atomic E-state index is 0. The Labute approximate surface area is 138 Å². The third kappa shape index (κ3) is 4.57. The Morgan fingerprint density at radius 3 is 2.55 bits per heavy atom. The van der Waals surface area contributed by atoms with Gasteiger partial charge >= 0.3 is 0 Å². The number of rotatable bonds is 6. The first kappa shape index (κ1) is 19.2. The van der Waals surface area contributed by atoms with E-state index in [0.717, 1.165) is 0 Å². The number of sulfonamides is 1. The van der Waals surface area contributed by atoms with Gasteiger partial charge in [-0.15, -0.1) is 12.4 Å². The summed E-state index contributed by atoms with van der Waals surface area (Å²) in [4.78, 5) is 0.301. The van der Waals surface area contributed by atoms with Crippen molar-refractivity contribution in [3.63, 3.8) is 0 Å². The second kappa shape index (κ2) is 8.69. The van der Waals surface area contributed by atoms with E-state index >= 15 is 0 Å². The maximum absolute atomic E-state index is 12.6. The van der Waals surface area contributed by atoms with Gasteiger partial charge in [0.1, 0.15) is 12.4 Å². The van der Waals surface area contributed by atoms with Crippen LogP contribution in [-0.2, 0) is 14.8 Å². The van der Waals surface area contributed by atoms with E-state index in [4.69, 9.17) is 9.47 Å². The van der Waals surface area contributed by atoms with E-state index in [9.17, 15) is 8.42 Å². The Balaban J connectivity index is 0.00000242. The molecular weight excluding hydrogens is 328 g/mol. The van der Waals surface area contributed by atoms with Crippen molar-refractivity contribution in [3.05, 3.63) is 24.3 Å². The number of benzene rings is 1. The molecule has 0 aliphatic carbocycles. The monoisotopic (exact) mass is 350 g/mol. The predicted molar refractivity (Wildman–Crippen MR) is 87.3 cm³/mol. The van der Waals surface area contributed by atoms with Gasteiger partial charge in [0.2, 0.25) is 10.0 Å². The lowest BCUT2D eigenvalue weighted by Gasteiger charge is -2.32. The highest BCUT2D eigenvalue weighted by Crippen LogP contribution is 2.21. The average molecular weight is 351 g/mol. The number of piperazine rings is 1. The lowest BCUT2D eigenvalue weighted by atomic mass is 10.3. The molecule has 126 valence electrons. The van der Waals surface area contributed by atoms with Crippen LogP contribution in [0.1, 0.15) is 6.92 Å². The zero-order valence-electron chi connectivity index (χ0n) is 12.8. The number of methoxy groups -OCH3 is 1. The van der Waals surface area contributed by atoms with Gasteiger partial charge < -0.3 is 14.8 Å². The summed E-state index contributed by atoms with van der Waals surface area (Å²) in [5.41, 5.74) is 0. The molecule has 1 saturated heterocycles. The van der Waals surface area contributed by atoms with Crippen molar-refractivity contribution in [1.82, 2.24) is 9.62 Å². The van der Waals surface area contributed by atoms with Gasteiger partial charge in [-0.25, -0.2) is 8.42 Å². The zero-order valence-corrected chi connectivity index (χ0v) is 14.5. The molecule has 1 aliphatic heterocycles. The molecule has 0 unspecified atom stereocenters. The van der Waals surface area contributed by atoms with Crippen molar-refractivity contribution >= 4 is 22.4 Å². The largest absolute Gasteiger partial charge is 0.491 e. The van der Waals surface area contributed by atoms with E-state index in [0.29, 0.717) is 43.5 Å². The predicted octanol–water partition coefficient (Wildman–Crippen LogP) is 1.12. The summed E-state index contributed by atoms with van der Waals surface area (Å²) < 4.78 is 37.1. The Bertz CT molecular complexity index is 550. The van der Waals surface area contributed by atoms with Gasteiger partial charge in [0.25, 0.3) is 0 Å². The highest BCUT2D eigenvalue weighted by atomic mass is 35.5. The van der Waals surface area contributed by atoms with Gasteiger partial charge in [-0.2, -0.15) is 4.31 Å². The van der Waals surface area contributed by atoms with Crippen molar-refractivity contribution in [3.8, 4) is 5.75 Å². The van der Waals surface area contributed by atoms with Crippen LogP contribution >= 0.6 is 12.4 Å². The van der Waals surface area contributed by atoms with Crippen LogP contribution in [0.3, 0.4) is 0 Å². The Hall–Kier alpha value is -0.860. The van der Waals surface area contributed by atoms with Crippen molar-refractivity contribution in [2.75, 3.05) is 40.0 Å². The lowest BCUT2D eigenvalue weighted by Crippen LogP contribution is -2.52. The molecule has 1 fully saturated rings. The molecule has 2 rings (SSSR count). The molecular formula is C14H23ClN2O4S. The molecule has 0 spiro atoms. The molecule has 0 saturated carbocycles. The Morgan fingerprint density at radius 1 is 1.27 bits per heavy atom. The van der Waals surface area contributed by atoms with Crippen LogP contribution in [0.25, 0.3) is 0 Å². The molecule has 0 radical (unpaired) electrons. The molecule has 1 heterocycles. The van der Waals surface area contributed by atoms with Gasteiger partial charge in [0.05, 0.1) is 11.5 Å². The van der Waals surface area contributed by atoms with Gasteiger partial charge in [-0.3, -0.25) is 0 Å². The molecule has 1 aliphatic rings. The third-order valence-corrected chi connectivity index (χ3v) is 5.45. The van der Waals surface area contributed by atoms with E-state index in [1.54, 1.807) is 35.7 Å². The summed E-state index contributed by atoms with van der Waals surface area (Å²) >= 11 is 0. The fraction of sp³-hybridized carbons (Fsp3) is 0.571. The molecule has 1 aromatic rings. The maximum Gasteiger partial charge on any atom is 0.243 e.